The molecule has 0 saturated carbocycles. The zero-order valence-electron chi connectivity index (χ0n) is 10.7. The zero-order chi connectivity index (χ0) is 13.2. The summed E-state index contributed by atoms with van der Waals surface area (Å²) in [5, 5.41) is 0. The minimum Gasteiger partial charge on any atom is -0.166 e. The molecule has 0 spiro atoms. The molecule has 0 fully saturated rings. The second-order valence-corrected chi connectivity index (χ2v) is 5.21. The van der Waals surface area contributed by atoms with Gasteiger partial charge in [-0.1, -0.05) is 33.8 Å². The summed E-state index contributed by atoms with van der Waals surface area (Å²) in [6, 6.07) is 4.42. The molecule has 0 aliphatic rings. The van der Waals surface area contributed by atoms with E-state index in [2.05, 4.69) is 0 Å². The summed E-state index contributed by atoms with van der Waals surface area (Å²) < 4.78 is 38.2. The second kappa shape index (κ2) is 5.11. The van der Waals surface area contributed by atoms with Crippen molar-refractivity contribution in [2.24, 2.45) is 5.92 Å². The van der Waals surface area contributed by atoms with E-state index in [1.165, 1.54) is 12.1 Å². The standard InChI is InChI=1S/C14H19F3/c1-9(2)5-11-6-12(10(3)4)8-13(7-11)14(15,16)17/h6-10H,5H2,1-4H3. The topological polar surface area (TPSA) is 0 Å². The third-order valence-electron chi connectivity index (χ3n) is 2.65. The minimum atomic E-state index is -4.25. The van der Waals surface area contributed by atoms with Crippen molar-refractivity contribution in [3.63, 3.8) is 0 Å². The van der Waals surface area contributed by atoms with Crippen LogP contribution in [0.15, 0.2) is 18.2 Å². The average molecular weight is 244 g/mol. The van der Waals surface area contributed by atoms with Crippen molar-refractivity contribution >= 4 is 0 Å². The largest absolute Gasteiger partial charge is 0.416 e. The predicted molar refractivity (Wildman–Crippen MR) is 64.1 cm³/mol. The van der Waals surface area contributed by atoms with Crippen LogP contribution in [0.25, 0.3) is 0 Å². The Morgan fingerprint density at radius 3 is 2.00 bits per heavy atom. The Morgan fingerprint density at radius 1 is 1.00 bits per heavy atom. The molecule has 0 saturated heterocycles. The van der Waals surface area contributed by atoms with Crippen molar-refractivity contribution < 1.29 is 13.2 Å². The molecule has 0 bridgehead atoms. The van der Waals surface area contributed by atoms with Gasteiger partial charge in [-0.25, -0.2) is 0 Å². The van der Waals surface area contributed by atoms with E-state index in [0.29, 0.717) is 12.3 Å². The number of hydrogen-bond donors (Lipinski definition) is 0. The Kier molecular flexibility index (Phi) is 4.23. The lowest BCUT2D eigenvalue weighted by Gasteiger charge is -2.15. The van der Waals surface area contributed by atoms with Crippen LogP contribution in [0.2, 0.25) is 0 Å². The fourth-order valence-electron chi connectivity index (χ4n) is 1.80. The summed E-state index contributed by atoms with van der Waals surface area (Å²) in [4.78, 5) is 0. The zero-order valence-corrected chi connectivity index (χ0v) is 10.7. The molecular weight excluding hydrogens is 225 g/mol. The van der Waals surface area contributed by atoms with E-state index >= 15 is 0 Å². The number of benzene rings is 1. The van der Waals surface area contributed by atoms with Gasteiger partial charge in [-0.05, 0) is 41.5 Å². The van der Waals surface area contributed by atoms with Crippen molar-refractivity contribution in [1.82, 2.24) is 0 Å². The van der Waals surface area contributed by atoms with Gasteiger partial charge in [-0.2, -0.15) is 13.2 Å². The second-order valence-electron chi connectivity index (χ2n) is 5.21. The molecule has 1 rings (SSSR count). The SMILES string of the molecule is CC(C)Cc1cc(C(C)C)cc(C(F)(F)F)c1. The molecule has 1 aromatic rings. The average Bonchev–Trinajstić information content (AvgIpc) is 2.14. The van der Waals surface area contributed by atoms with Crippen molar-refractivity contribution in [3.8, 4) is 0 Å². The molecule has 0 N–H and O–H groups in total. The van der Waals surface area contributed by atoms with Gasteiger partial charge in [0, 0.05) is 0 Å². The Labute approximate surface area is 101 Å². The molecule has 0 amide bonds. The smallest absolute Gasteiger partial charge is 0.166 e. The molecule has 0 unspecified atom stereocenters. The molecule has 0 atom stereocenters. The third-order valence-corrected chi connectivity index (χ3v) is 2.65. The van der Waals surface area contributed by atoms with Crippen LogP contribution in [0.3, 0.4) is 0 Å². The van der Waals surface area contributed by atoms with Crippen LogP contribution in [0.1, 0.15) is 50.3 Å². The van der Waals surface area contributed by atoms with E-state index < -0.39 is 11.7 Å². The highest BCUT2D eigenvalue weighted by atomic mass is 19.4. The quantitative estimate of drug-likeness (QED) is 0.699. The Hall–Kier alpha value is -0.990. The van der Waals surface area contributed by atoms with E-state index in [-0.39, 0.29) is 5.92 Å². The molecule has 1 aromatic carbocycles. The Morgan fingerprint density at radius 2 is 1.59 bits per heavy atom. The summed E-state index contributed by atoms with van der Waals surface area (Å²) in [6.45, 7) is 7.84. The van der Waals surface area contributed by atoms with Crippen LogP contribution in [-0.4, -0.2) is 0 Å². The molecule has 0 radical (unpaired) electrons. The highest BCUT2D eigenvalue weighted by Crippen LogP contribution is 2.32. The van der Waals surface area contributed by atoms with Gasteiger partial charge in [0.05, 0.1) is 5.56 Å². The van der Waals surface area contributed by atoms with Gasteiger partial charge in [0.2, 0.25) is 0 Å². The summed E-state index contributed by atoms with van der Waals surface area (Å²) in [5.74, 6) is 0.474. The molecular formula is C14H19F3. The van der Waals surface area contributed by atoms with Gasteiger partial charge in [-0.15, -0.1) is 0 Å². The van der Waals surface area contributed by atoms with Crippen molar-refractivity contribution in [1.29, 1.82) is 0 Å². The number of halogens is 3. The fraction of sp³-hybridized carbons (Fsp3) is 0.571. The first-order chi connectivity index (χ1) is 7.70. The number of rotatable bonds is 3. The summed E-state index contributed by atoms with van der Waals surface area (Å²) >= 11 is 0. The van der Waals surface area contributed by atoms with E-state index in [9.17, 15) is 13.2 Å². The van der Waals surface area contributed by atoms with Gasteiger partial charge in [0.15, 0.2) is 0 Å². The fourth-order valence-corrected chi connectivity index (χ4v) is 1.80. The molecule has 0 nitrogen and oxygen atoms in total. The lowest BCUT2D eigenvalue weighted by molar-refractivity contribution is -0.137. The highest BCUT2D eigenvalue weighted by molar-refractivity contribution is 5.33. The summed E-state index contributed by atoms with van der Waals surface area (Å²) in [5.41, 5.74) is 1.01. The molecule has 96 valence electrons. The first-order valence-corrected chi connectivity index (χ1v) is 5.91. The molecule has 0 heterocycles. The predicted octanol–water partition coefficient (Wildman–Crippen LogP) is 5.03. The van der Waals surface area contributed by atoms with Gasteiger partial charge >= 0.3 is 6.18 Å². The van der Waals surface area contributed by atoms with Crippen molar-refractivity contribution in [2.45, 2.75) is 46.2 Å². The van der Waals surface area contributed by atoms with Crippen LogP contribution in [-0.2, 0) is 12.6 Å². The maximum atomic E-state index is 12.7. The van der Waals surface area contributed by atoms with Crippen molar-refractivity contribution in [2.75, 3.05) is 0 Å². The van der Waals surface area contributed by atoms with Gasteiger partial charge in [-0.3, -0.25) is 0 Å². The number of alkyl halides is 3. The molecule has 0 aromatic heterocycles. The lowest BCUT2D eigenvalue weighted by Crippen LogP contribution is -2.08. The van der Waals surface area contributed by atoms with Crippen LogP contribution in [0.5, 0.6) is 0 Å². The van der Waals surface area contributed by atoms with Crippen LogP contribution < -0.4 is 0 Å². The van der Waals surface area contributed by atoms with Crippen LogP contribution in [0, 0.1) is 5.92 Å². The van der Waals surface area contributed by atoms with Crippen LogP contribution >= 0.6 is 0 Å². The first kappa shape index (κ1) is 14.1. The Balaban J connectivity index is 3.19. The minimum absolute atomic E-state index is 0.114. The van der Waals surface area contributed by atoms with Gasteiger partial charge in [0.1, 0.15) is 0 Å². The maximum Gasteiger partial charge on any atom is 0.416 e. The number of hydrogen-bond acceptors (Lipinski definition) is 0. The molecule has 17 heavy (non-hydrogen) atoms. The monoisotopic (exact) mass is 244 g/mol. The first-order valence-electron chi connectivity index (χ1n) is 5.91. The maximum absolute atomic E-state index is 12.7. The molecule has 3 heteroatoms. The van der Waals surface area contributed by atoms with Crippen LogP contribution in [0.4, 0.5) is 13.2 Å². The van der Waals surface area contributed by atoms with E-state index in [1.54, 1.807) is 0 Å². The third kappa shape index (κ3) is 4.06. The normalized spacial score (nSPS) is 12.5. The van der Waals surface area contributed by atoms with Crippen molar-refractivity contribution in [3.05, 3.63) is 34.9 Å². The van der Waals surface area contributed by atoms with Gasteiger partial charge < -0.3 is 0 Å². The van der Waals surface area contributed by atoms with E-state index in [1.807, 2.05) is 33.8 Å². The summed E-state index contributed by atoms with van der Waals surface area (Å²) in [6.07, 6.45) is -3.57. The van der Waals surface area contributed by atoms with E-state index in [0.717, 1.165) is 11.1 Å². The molecule has 0 aliphatic carbocycles. The summed E-state index contributed by atoms with van der Waals surface area (Å²) in [7, 11) is 0. The van der Waals surface area contributed by atoms with E-state index in [4.69, 9.17) is 0 Å². The highest BCUT2D eigenvalue weighted by Gasteiger charge is 2.31. The van der Waals surface area contributed by atoms with Gasteiger partial charge in [0.25, 0.3) is 0 Å². The lowest BCUT2D eigenvalue weighted by atomic mass is 9.94. The Bertz CT molecular complexity index is 376. The molecule has 0 aliphatic heterocycles.